The van der Waals surface area contributed by atoms with Gasteiger partial charge in [-0.2, -0.15) is 13.2 Å². The molecule has 0 aromatic heterocycles. The smallest absolute Gasteiger partial charge is 0.422 e. The van der Waals surface area contributed by atoms with E-state index in [0.717, 1.165) is 45.0 Å². The summed E-state index contributed by atoms with van der Waals surface area (Å²) in [4.78, 5) is 6.60. The lowest BCUT2D eigenvalue weighted by molar-refractivity contribution is -0.153. The van der Waals surface area contributed by atoms with Crippen molar-refractivity contribution in [3.8, 4) is 5.75 Å². The normalized spacial score (nSPS) is 16.7. The number of rotatable bonds is 8. The van der Waals surface area contributed by atoms with Crippen molar-refractivity contribution in [2.24, 2.45) is 10.9 Å². The van der Waals surface area contributed by atoms with E-state index in [2.05, 4.69) is 27.4 Å². The summed E-state index contributed by atoms with van der Waals surface area (Å²) >= 11 is 0. The molecule has 6 nitrogen and oxygen atoms in total. The third-order valence-corrected chi connectivity index (χ3v) is 4.30. The summed E-state index contributed by atoms with van der Waals surface area (Å²) in [6, 6.07) is 6.52. The van der Waals surface area contributed by atoms with E-state index in [9.17, 15) is 13.2 Å². The number of ether oxygens (including phenoxy) is 2. The summed E-state index contributed by atoms with van der Waals surface area (Å²) in [5.41, 5.74) is 0.920. The third-order valence-electron chi connectivity index (χ3n) is 4.30. The quantitative estimate of drug-likeness (QED) is 0.308. The molecular formula is C19H30F3IN4O2. The van der Waals surface area contributed by atoms with E-state index >= 15 is 0 Å². The summed E-state index contributed by atoms with van der Waals surface area (Å²) < 4.78 is 46.6. The number of guanidine groups is 1. The highest BCUT2D eigenvalue weighted by Crippen LogP contribution is 2.18. The van der Waals surface area contributed by atoms with Gasteiger partial charge in [-0.05, 0) is 23.6 Å². The van der Waals surface area contributed by atoms with Crippen molar-refractivity contribution in [2.45, 2.75) is 19.6 Å². The molecule has 0 radical (unpaired) electrons. The Balaban J connectivity index is 0.00000420. The molecule has 1 aliphatic rings. The summed E-state index contributed by atoms with van der Waals surface area (Å²) in [6.45, 7) is 6.75. The highest BCUT2D eigenvalue weighted by molar-refractivity contribution is 14.0. The highest BCUT2D eigenvalue weighted by Gasteiger charge is 2.28. The van der Waals surface area contributed by atoms with Crippen molar-refractivity contribution >= 4 is 29.9 Å². The van der Waals surface area contributed by atoms with Crippen LogP contribution in [0, 0.1) is 5.92 Å². The fourth-order valence-electron chi connectivity index (χ4n) is 2.84. The second-order valence-electron chi connectivity index (χ2n) is 6.87. The average molecular weight is 530 g/mol. The fraction of sp³-hybridized carbons (Fsp3) is 0.632. The summed E-state index contributed by atoms with van der Waals surface area (Å²) in [7, 11) is 1.70. The minimum absolute atomic E-state index is 0. The Bertz CT molecular complexity index is 608. The van der Waals surface area contributed by atoms with E-state index in [1.54, 1.807) is 19.2 Å². The molecule has 1 atom stereocenters. The molecule has 1 fully saturated rings. The van der Waals surface area contributed by atoms with Crippen LogP contribution in [0.2, 0.25) is 0 Å². The van der Waals surface area contributed by atoms with E-state index in [0.29, 0.717) is 18.4 Å². The molecule has 0 amide bonds. The topological polar surface area (TPSA) is 58.1 Å². The molecule has 10 heteroatoms. The number of nitrogens with one attached hydrogen (secondary N) is 2. The van der Waals surface area contributed by atoms with E-state index < -0.39 is 12.8 Å². The minimum atomic E-state index is -4.34. The van der Waals surface area contributed by atoms with Crippen molar-refractivity contribution in [1.29, 1.82) is 0 Å². The van der Waals surface area contributed by atoms with E-state index in [1.165, 1.54) is 12.1 Å². The van der Waals surface area contributed by atoms with Crippen LogP contribution in [0.15, 0.2) is 29.3 Å². The molecule has 0 aliphatic carbocycles. The van der Waals surface area contributed by atoms with Crippen molar-refractivity contribution in [3.05, 3.63) is 29.8 Å². The Labute approximate surface area is 187 Å². The van der Waals surface area contributed by atoms with Gasteiger partial charge in [-0.1, -0.05) is 19.1 Å². The number of benzene rings is 1. The predicted octanol–water partition coefficient (Wildman–Crippen LogP) is 2.88. The lowest BCUT2D eigenvalue weighted by atomic mass is 10.1. The van der Waals surface area contributed by atoms with Gasteiger partial charge in [0.2, 0.25) is 0 Å². The molecule has 2 N–H and O–H groups in total. The summed E-state index contributed by atoms with van der Waals surface area (Å²) in [6.07, 6.45) is -4.34. The van der Waals surface area contributed by atoms with E-state index in [-0.39, 0.29) is 29.7 Å². The fourth-order valence-corrected chi connectivity index (χ4v) is 2.84. The van der Waals surface area contributed by atoms with Gasteiger partial charge in [-0.25, -0.2) is 0 Å². The van der Waals surface area contributed by atoms with Crippen LogP contribution in [-0.4, -0.2) is 70.1 Å². The molecule has 1 aliphatic heterocycles. The van der Waals surface area contributed by atoms with E-state index in [4.69, 9.17) is 9.47 Å². The molecule has 1 aromatic rings. The summed E-state index contributed by atoms with van der Waals surface area (Å²) in [5.74, 6) is 1.34. The SMILES string of the molecule is CN=C(NCc1ccc(OCC(F)(F)F)cc1)NCC(C)CN1CCOCC1.I. The number of nitrogens with zero attached hydrogens (tertiary/aromatic N) is 2. The molecule has 166 valence electrons. The van der Waals surface area contributed by atoms with Gasteiger partial charge in [0.25, 0.3) is 0 Å². The van der Waals surface area contributed by atoms with Crippen LogP contribution in [0.25, 0.3) is 0 Å². The Hall–Kier alpha value is -1.27. The zero-order valence-electron chi connectivity index (χ0n) is 16.8. The van der Waals surface area contributed by atoms with Gasteiger partial charge in [0.15, 0.2) is 12.6 Å². The van der Waals surface area contributed by atoms with Crippen LogP contribution in [0.1, 0.15) is 12.5 Å². The molecular weight excluding hydrogens is 500 g/mol. The van der Waals surface area contributed by atoms with Gasteiger partial charge < -0.3 is 20.1 Å². The Morgan fingerprint density at radius 1 is 1.21 bits per heavy atom. The van der Waals surface area contributed by atoms with Gasteiger partial charge in [0.05, 0.1) is 13.2 Å². The van der Waals surface area contributed by atoms with Gasteiger partial charge in [-0.3, -0.25) is 9.89 Å². The molecule has 2 rings (SSSR count). The number of aliphatic imine (C=N–C) groups is 1. The first-order chi connectivity index (χ1) is 13.4. The van der Waals surface area contributed by atoms with Crippen LogP contribution in [0.5, 0.6) is 5.75 Å². The predicted molar refractivity (Wildman–Crippen MR) is 118 cm³/mol. The maximum atomic E-state index is 12.2. The number of morpholine rings is 1. The Morgan fingerprint density at radius 2 is 1.86 bits per heavy atom. The van der Waals surface area contributed by atoms with Crippen LogP contribution >= 0.6 is 24.0 Å². The first-order valence-corrected chi connectivity index (χ1v) is 9.39. The van der Waals surface area contributed by atoms with Crippen molar-refractivity contribution < 1.29 is 22.6 Å². The number of halogens is 4. The molecule has 0 spiro atoms. The van der Waals surface area contributed by atoms with Crippen molar-refractivity contribution in [1.82, 2.24) is 15.5 Å². The summed E-state index contributed by atoms with van der Waals surface area (Å²) in [5, 5.41) is 6.51. The lowest BCUT2D eigenvalue weighted by Crippen LogP contribution is -2.43. The maximum Gasteiger partial charge on any atom is 0.422 e. The molecule has 1 unspecified atom stereocenters. The van der Waals surface area contributed by atoms with E-state index in [1.807, 2.05) is 0 Å². The number of hydrogen-bond acceptors (Lipinski definition) is 4. The largest absolute Gasteiger partial charge is 0.484 e. The van der Waals surface area contributed by atoms with Crippen LogP contribution < -0.4 is 15.4 Å². The molecule has 0 saturated carbocycles. The maximum absolute atomic E-state index is 12.2. The standard InChI is InChI=1S/C19H29F3N4O2.HI/c1-15(13-26-7-9-27-10-8-26)11-24-18(23-2)25-12-16-3-5-17(6-4-16)28-14-19(20,21)22;/h3-6,15H,7-14H2,1-2H3,(H2,23,24,25);1H. The van der Waals surface area contributed by atoms with Crippen LogP contribution in [0.3, 0.4) is 0 Å². The number of alkyl halides is 3. The molecule has 1 saturated heterocycles. The first kappa shape index (κ1) is 25.8. The van der Waals surface area contributed by atoms with Crippen LogP contribution in [-0.2, 0) is 11.3 Å². The lowest BCUT2D eigenvalue weighted by Gasteiger charge is -2.29. The minimum Gasteiger partial charge on any atom is -0.484 e. The zero-order chi connectivity index (χ0) is 20.4. The molecule has 1 aromatic carbocycles. The van der Waals surface area contributed by atoms with Crippen LogP contribution in [0.4, 0.5) is 13.2 Å². The zero-order valence-corrected chi connectivity index (χ0v) is 19.1. The highest BCUT2D eigenvalue weighted by atomic mass is 127. The third kappa shape index (κ3) is 10.9. The second kappa shape index (κ2) is 13.1. The molecule has 29 heavy (non-hydrogen) atoms. The average Bonchev–Trinajstić information content (AvgIpc) is 2.67. The van der Waals surface area contributed by atoms with Gasteiger partial charge in [0, 0.05) is 39.8 Å². The second-order valence-corrected chi connectivity index (χ2v) is 6.87. The van der Waals surface area contributed by atoms with Gasteiger partial charge in [0.1, 0.15) is 5.75 Å². The number of hydrogen-bond donors (Lipinski definition) is 2. The van der Waals surface area contributed by atoms with Crippen molar-refractivity contribution in [3.63, 3.8) is 0 Å². The first-order valence-electron chi connectivity index (χ1n) is 9.39. The van der Waals surface area contributed by atoms with Gasteiger partial charge >= 0.3 is 6.18 Å². The van der Waals surface area contributed by atoms with Crippen molar-refractivity contribution in [2.75, 3.05) is 53.0 Å². The Morgan fingerprint density at radius 3 is 2.45 bits per heavy atom. The molecule has 0 bridgehead atoms. The van der Waals surface area contributed by atoms with Gasteiger partial charge in [-0.15, -0.1) is 24.0 Å². The Kier molecular flexibility index (Phi) is 11.7. The molecule has 1 heterocycles. The monoisotopic (exact) mass is 530 g/mol.